The summed E-state index contributed by atoms with van der Waals surface area (Å²) in [5.74, 6) is 0.676. The molecule has 0 aliphatic carbocycles. The van der Waals surface area contributed by atoms with E-state index in [9.17, 15) is 4.79 Å². The first-order valence-electron chi connectivity index (χ1n) is 12.9. The van der Waals surface area contributed by atoms with E-state index in [1.165, 1.54) is 88.2 Å². The molecule has 176 valence electrons. The van der Waals surface area contributed by atoms with Crippen molar-refractivity contribution in [2.24, 2.45) is 11.8 Å². The minimum absolute atomic E-state index is 0.322. The maximum atomic E-state index is 10.5. The molecule has 2 nitrogen and oxygen atoms in total. The van der Waals surface area contributed by atoms with Gasteiger partial charge >= 0.3 is 5.97 Å². The predicted octanol–water partition coefficient (Wildman–Crippen LogP) is 9.50. The highest BCUT2D eigenvalue weighted by atomic mass is 16.4. The third kappa shape index (κ3) is 20.2. The van der Waals surface area contributed by atoms with Gasteiger partial charge < -0.3 is 5.11 Å². The largest absolute Gasteiger partial charge is 0.481 e. The molecule has 0 spiro atoms. The van der Waals surface area contributed by atoms with Crippen LogP contribution in [0.15, 0.2) is 23.3 Å². The van der Waals surface area contributed by atoms with Crippen molar-refractivity contribution in [1.29, 1.82) is 0 Å². The topological polar surface area (TPSA) is 37.3 Å². The maximum absolute atomic E-state index is 10.5. The minimum atomic E-state index is -0.666. The number of carboxylic acid groups (broad SMARTS) is 1. The molecule has 2 heteroatoms. The Balaban J connectivity index is 3.91. The lowest BCUT2D eigenvalue weighted by molar-refractivity contribution is -0.137. The van der Waals surface area contributed by atoms with Gasteiger partial charge in [0.1, 0.15) is 0 Å². The number of rotatable bonds is 20. The fourth-order valence-corrected chi connectivity index (χ4v) is 4.39. The van der Waals surface area contributed by atoms with Gasteiger partial charge in [-0.25, -0.2) is 0 Å². The normalized spacial score (nSPS) is 14.7. The Labute approximate surface area is 188 Å². The van der Waals surface area contributed by atoms with Crippen molar-refractivity contribution < 1.29 is 9.90 Å². The zero-order chi connectivity index (χ0) is 22.6. The second-order valence-electron chi connectivity index (χ2n) is 9.77. The van der Waals surface area contributed by atoms with Crippen molar-refractivity contribution in [2.75, 3.05) is 0 Å². The van der Waals surface area contributed by atoms with E-state index in [1.54, 1.807) is 0 Å². The zero-order valence-electron chi connectivity index (χ0n) is 21.0. The van der Waals surface area contributed by atoms with E-state index >= 15 is 0 Å². The minimum Gasteiger partial charge on any atom is -0.481 e. The van der Waals surface area contributed by atoms with Crippen LogP contribution in [0.5, 0.6) is 0 Å². The quantitative estimate of drug-likeness (QED) is 0.157. The highest BCUT2D eigenvalue weighted by Gasteiger charge is 2.03. The smallest absolute Gasteiger partial charge is 0.303 e. The van der Waals surface area contributed by atoms with E-state index < -0.39 is 5.97 Å². The fraction of sp³-hybridized carbons (Fsp3) is 0.821. The fourth-order valence-electron chi connectivity index (χ4n) is 4.39. The summed E-state index contributed by atoms with van der Waals surface area (Å²) in [5, 5.41) is 8.65. The van der Waals surface area contributed by atoms with Gasteiger partial charge in [-0.1, -0.05) is 115 Å². The van der Waals surface area contributed by atoms with Crippen molar-refractivity contribution in [3.05, 3.63) is 23.3 Å². The van der Waals surface area contributed by atoms with Crippen LogP contribution in [0.4, 0.5) is 0 Å². The average Bonchev–Trinajstić information content (AvgIpc) is 2.65. The van der Waals surface area contributed by atoms with Crippen LogP contribution in [0.2, 0.25) is 0 Å². The van der Waals surface area contributed by atoms with E-state index in [0.29, 0.717) is 18.3 Å². The molecule has 0 radical (unpaired) electrons. The lowest BCUT2D eigenvalue weighted by atomic mass is 9.95. The first-order valence-corrected chi connectivity index (χ1v) is 12.9. The number of carboxylic acids is 1. The van der Waals surface area contributed by atoms with Gasteiger partial charge in [0.25, 0.3) is 0 Å². The van der Waals surface area contributed by atoms with Crippen LogP contribution in [-0.4, -0.2) is 11.1 Å². The molecule has 0 aromatic carbocycles. The molecule has 0 aliphatic rings. The molecule has 0 unspecified atom stereocenters. The van der Waals surface area contributed by atoms with Gasteiger partial charge in [-0.15, -0.1) is 0 Å². The van der Waals surface area contributed by atoms with E-state index in [1.807, 2.05) is 0 Å². The third-order valence-electron chi connectivity index (χ3n) is 6.01. The van der Waals surface area contributed by atoms with Gasteiger partial charge in [0.05, 0.1) is 0 Å². The van der Waals surface area contributed by atoms with Crippen molar-refractivity contribution in [1.82, 2.24) is 0 Å². The molecular weight excluding hydrogens is 368 g/mol. The SMILES string of the molecule is CCCCCCCCC[C@@H](C)/C=C(/C)C/C(C)=C/[C@@H](C)CCCCCCCC(=O)O. The molecule has 0 aromatic heterocycles. The Morgan fingerprint density at radius 2 is 1.10 bits per heavy atom. The van der Waals surface area contributed by atoms with Gasteiger partial charge in [0.15, 0.2) is 0 Å². The Hall–Kier alpha value is -1.05. The molecule has 0 amide bonds. The lowest BCUT2D eigenvalue weighted by Gasteiger charge is -2.11. The summed E-state index contributed by atoms with van der Waals surface area (Å²) in [5.41, 5.74) is 3.02. The Morgan fingerprint density at radius 1 is 0.700 bits per heavy atom. The van der Waals surface area contributed by atoms with Crippen LogP contribution >= 0.6 is 0 Å². The van der Waals surface area contributed by atoms with Gasteiger partial charge in [-0.05, 0) is 51.4 Å². The summed E-state index contributed by atoms with van der Waals surface area (Å²) in [7, 11) is 0. The van der Waals surface area contributed by atoms with Gasteiger partial charge in [-0.2, -0.15) is 0 Å². The molecule has 0 heterocycles. The standard InChI is InChI=1S/C28H52O2/c1-6-7-8-9-10-12-15-18-24(2)21-26(4)23-27(5)22-25(3)19-16-13-11-14-17-20-28(29)30/h21-22,24-25H,6-20,23H2,1-5H3,(H,29,30)/b26-21-,27-22+/t24-,25+/m1/s1. The summed E-state index contributed by atoms with van der Waals surface area (Å²) in [6.45, 7) is 11.6. The molecule has 0 saturated heterocycles. The summed E-state index contributed by atoms with van der Waals surface area (Å²) in [6, 6.07) is 0. The lowest BCUT2D eigenvalue weighted by Crippen LogP contribution is -1.95. The predicted molar refractivity (Wildman–Crippen MR) is 133 cm³/mol. The molecule has 30 heavy (non-hydrogen) atoms. The number of unbranched alkanes of at least 4 members (excludes halogenated alkanes) is 10. The highest BCUT2D eigenvalue weighted by molar-refractivity contribution is 5.66. The Bertz CT molecular complexity index is 475. The molecule has 0 saturated carbocycles. The first kappa shape index (κ1) is 28.9. The second-order valence-corrected chi connectivity index (χ2v) is 9.77. The maximum Gasteiger partial charge on any atom is 0.303 e. The van der Waals surface area contributed by atoms with Crippen LogP contribution < -0.4 is 0 Å². The molecular formula is C28H52O2. The average molecular weight is 421 g/mol. The second kappa shape index (κ2) is 19.9. The van der Waals surface area contributed by atoms with Crippen molar-refractivity contribution in [2.45, 2.75) is 137 Å². The zero-order valence-corrected chi connectivity index (χ0v) is 21.0. The van der Waals surface area contributed by atoms with Gasteiger partial charge in [-0.3, -0.25) is 4.79 Å². The highest BCUT2D eigenvalue weighted by Crippen LogP contribution is 2.20. The van der Waals surface area contributed by atoms with E-state index in [-0.39, 0.29) is 0 Å². The molecule has 0 fully saturated rings. The molecule has 1 N–H and O–H groups in total. The van der Waals surface area contributed by atoms with Crippen LogP contribution in [0.3, 0.4) is 0 Å². The number of carbonyl (C=O) groups is 1. The van der Waals surface area contributed by atoms with Gasteiger partial charge in [0.2, 0.25) is 0 Å². The monoisotopic (exact) mass is 420 g/mol. The first-order chi connectivity index (χ1) is 14.3. The molecule has 2 atom stereocenters. The van der Waals surface area contributed by atoms with Crippen molar-refractivity contribution in [3.63, 3.8) is 0 Å². The number of hydrogen-bond donors (Lipinski definition) is 1. The van der Waals surface area contributed by atoms with Crippen LogP contribution in [-0.2, 0) is 4.79 Å². The Kier molecular flexibility index (Phi) is 19.2. The molecule has 0 bridgehead atoms. The van der Waals surface area contributed by atoms with Crippen molar-refractivity contribution in [3.8, 4) is 0 Å². The van der Waals surface area contributed by atoms with Crippen LogP contribution in [0.25, 0.3) is 0 Å². The van der Waals surface area contributed by atoms with E-state index in [4.69, 9.17) is 5.11 Å². The van der Waals surface area contributed by atoms with Crippen LogP contribution in [0.1, 0.15) is 137 Å². The van der Waals surface area contributed by atoms with Crippen LogP contribution in [0, 0.1) is 11.8 Å². The number of allylic oxidation sites excluding steroid dienone is 4. The van der Waals surface area contributed by atoms with E-state index in [2.05, 4.69) is 46.8 Å². The number of aliphatic carboxylic acids is 1. The summed E-state index contributed by atoms with van der Waals surface area (Å²) < 4.78 is 0. The Morgan fingerprint density at radius 3 is 1.53 bits per heavy atom. The summed E-state index contributed by atoms with van der Waals surface area (Å²) in [6.07, 6.45) is 24.3. The molecule has 0 aliphatic heterocycles. The summed E-state index contributed by atoms with van der Waals surface area (Å²) >= 11 is 0. The van der Waals surface area contributed by atoms with Crippen molar-refractivity contribution >= 4 is 5.97 Å². The molecule has 0 aromatic rings. The molecule has 0 rings (SSSR count). The van der Waals surface area contributed by atoms with Gasteiger partial charge in [0, 0.05) is 6.42 Å². The number of hydrogen-bond acceptors (Lipinski definition) is 1. The van der Waals surface area contributed by atoms with E-state index in [0.717, 1.165) is 19.3 Å². The third-order valence-corrected chi connectivity index (χ3v) is 6.01. The summed E-state index contributed by atoms with van der Waals surface area (Å²) in [4.78, 5) is 10.5.